The summed E-state index contributed by atoms with van der Waals surface area (Å²) in [5.41, 5.74) is 2.80. The summed E-state index contributed by atoms with van der Waals surface area (Å²) in [4.78, 5) is 22.1. The van der Waals surface area contributed by atoms with Gasteiger partial charge in [-0.1, -0.05) is 24.3 Å². The number of imidazole rings is 1. The molecular weight excluding hydrogens is 290 g/mol. The number of para-hydroxylation sites is 2. The van der Waals surface area contributed by atoms with Gasteiger partial charge in [-0.05, 0) is 36.2 Å². The number of aromatic nitrogens is 2. The standard InChI is InChI=1S/C18H17N3O2/c1-23-13-6-4-5-12(11-13)16-9-10-21(16)18(22)17-19-14-7-2-3-8-15(14)20-17/h2-8,11,16H,9-10H2,1H3,(H,19,20)/t16-/m0/s1. The highest BCUT2D eigenvalue weighted by Crippen LogP contribution is 2.35. The highest BCUT2D eigenvalue weighted by molar-refractivity contribution is 5.94. The summed E-state index contributed by atoms with van der Waals surface area (Å²) in [6.45, 7) is 0.748. The fourth-order valence-electron chi connectivity index (χ4n) is 3.02. The molecule has 1 aliphatic rings. The minimum atomic E-state index is -0.0553. The highest BCUT2D eigenvalue weighted by atomic mass is 16.5. The van der Waals surface area contributed by atoms with Gasteiger partial charge in [0.1, 0.15) is 5.75 Å². The summed E-state index contributed by atoms with van der Waals surface area (Å²) in [6, 6.07) is 15.6. The largest absolute Gasteiger partial charge is 0.497 e. The lowest BCUT2D eigenvalue weighted by Gasteiger charge is -2.40. The van der Waals surface area contributed by atoms with Crippen molar-refractivity contribution in [2.75, 3.05) is 13.7 Å². The van der Waals surface area contributed by atoms with Gasteiger partial charge in [0.05, 0.1) is 24.2 Å². The number of amides is 1. The maximum absolute atomic E-state index is 12.7. The van der Waals surface area contributed by atoms with Crippen LogP contribution in [0.5, 0.6) is 5.75 Å². The fraction of sp³-hybridized carbons (Fsp3) is 0.222. The molecule has 2 heterocycles. The molecular formula is C18H17N3O2. The van der Waals surface area contributed by atoms with Crippen molar-refractivity contribution >= 4 is 16.9 Å². The molecule has 3 aromatic rings. The third-order valence-electron chi connectivity index (χ3n) is 4.35. The van der Waals surface area contributed by atoms with Crippen molar-refractivity contribution < 1.29 is 9.53 Å². The summed E-state index contributed by atoms with van der Waals surface area (Å²) < 4.78 is 5.27. The average Bonchev–Trinajstić information content (AvgIpc) is 2.98. The summed E-state index contributed by atoms with van der Waals surface area (Å²) in [6.07, 6.45) is 0.957. The minimum absolute atomic E-state index is 0.0553. The normalized spacial score (nSPS) is 17.1. The zero-order chi connectivity index (χ0) is 15.8. The Morgan fingerprint density at radius 3 is 2.87 bits per heavy atom. The van der Waals surface area contributed by atoms with Crippen LogP contribution in [0.25, 0.3) is 11.0 Å². The second kappa shape index (κ2) is 5.43. The van der Waals surface area contributed by atoms with Crippen LogP contribution in [0.4, 0.5) is 0 Å². The molecule has 0 unspecified atom stereocenters. The quantitative estimate of drug-likeness (QED) is 0.808. The van der Waals surface area contributed by atoms with Gasteiger partial charge in [0.2, 0.25) is 0 Å². The molecule has 23 heavy (non-hydrogen) atoms. The Hall–Kier alpha value is -2.82. The molecule has 0 spiro atoms. The first kappa shape index (κ1) is 13.8. The molecule has 1 atom stereocenters. The second-order valence-corrected chi connectivity index (χ2v) is 5.68. The predicted octanol–water partition coefficient (Wildman–Crippen LogP) is 3.16. The zero-order valence-electron chi connectivity index (χ0n) is 12.8. The van der Waals surface area contributed by atoms with Crippen molar-refractivity contribution in [2.24, 2.45) is 0 Å². The lowest BCUT2D eigenvalue weighted by Crippen LogP contribution is -2.45. The van der Waals surface area contributed by atoms with Crippen LogP contribution >= 0.6 is 0 Å². The van der Waals surface area contributed by atoms with Crippen LogP contribution in [0.1, 0.15) is 28.6 Å². The van der Waals surface area contributed by atoms with Crippen molar-refractivity contribution in [1.29, 1.82) is 0 Å². The first-order valence-electron chi connectivity index (χ1n) is 7.66. The van der Waals surface area contributed by atoms with E-state index in [9.17, 15) is 4.79 Å². The second-order valence-electron chi connectivity index (χ2n) is 5.68. The van der Waals surface area contributed by atoms with E-state index in [2.05, 4.69) is 9.97 Å². The number of methoxy groups -OCH3 is 1. The smallest absolute Gasteiger partial charge is 0.290 e. The number of hydrogen-bond acceptors (Lipinski definition) is 3. The predicted molar refractivity (Wildman–Crippen MR) is 87.5 cm³/mol. The first-order valence-corrected chi connectivity index (χ1v) is 7.66. The molecule has 0 aliphatic carbocycles. The number of rotatable bonds is 3. The number of likely N-dealkylation sites (tertiary alicyclic amines) is 1. The summed E-state index contributed by atoms with van der Waals surface area (Å²) in [5, 5.41) is 0. The molecule has 5 heteroatoms. The zero-order valence-corrected chi connectivity index (χ0v) is 12.8. The number of fused-ring (bicyclic) bond motifs is 1. The van der Waals surface area contributed by atoms with Crippen LogP contribution in [0.3, 0.4) is 0 Å². The van der Waals surface area contributed by atoms with Crippen LogP contribution in [0, 0.1) is 0 Å². The van der Waals surface area contributed by atoms with Gasteiger partial charge in [0.25, 0.3) is 5.91 Å². The molecule has 116 valence electrons. The van der Waals surface area contributed by atoms with Gasteiger partial charge in [-0.15, -0.1) is 0 Å². The van der Waals surface area contributed by atoms with Crippen molar-refractivity contribution in [2.45, 2.75) is 12.5 Å². The Morgan fingerprint density at radius 1 is 1.26 bits per heavy atom. The Balaban J connectivity index is 1.60. The fourth-order valence-corrected chi connectivity index (χ4v) is 3.02. The Bertz CT molecular complexity index is 838. The number of nitrogens with one attached hydrogen (secondary N) is 1. The lowest BCUT2D eigenvalue weighted by molar-refractivity contribution is 0.0448. The third kappa shape index (κ3) is 2.34. The molecule has 5 nitrogen and oxygen atoms in total. The molecule has 1 aromatic heterocycles. The molecule has 0 saturated carbocycles. The van der Waals surface area contributed by atoms with Crippen LogP contribution in [-0.2, 0) is 0 Å². The lowest BCUT2D eigenvalue weighted by atomic mass is 9.94. The maximum atomic E-state index is 12.7. The molecule has 1 saturated heterocycles. The Morgan fingerprint density at radius 2 is 2.13 bits per heavy atom. The molecule has 1 amide bonds. The number of carbonyl (C=O) groups excluding carboxylic acids is 1. The number of carbonyl (C=O) groups is 1. The monoisotopic (exact) mass is 307 g/mol. The van der Waals surface area contributed by atoms with E-state index in [-0.39, 0.29) is 11.9 Å². The number of aromatic amines is 1. The summed E-state index contributed by atoms with van der Waals surface area (Å²) in [5.74, 6) is 1.16. The maximum Gasteiger partial charge on any atom is 0.290 e. The Kier molecular flexibility index (Phi) is 3.26. The van der Waals surface area contributed by atoms with E-state index >= 15 is 0 Å². The molecule has 1 aliphatic heterocycles. The van der Waals surface area contributed by atoms with E-state index in [0.717, 1.165) is 35.3 Å². The topological polar surface area (TPSA) is 58.2 Å². The first-order chi connectivity index (χ1) is 11.3. The number of nitrogens with zero attached hydrogens (tertiary/aromatic N) is 2. The van der Waals surface area contributed by atoms with E-state index in [1.807, 2.05) is 53.4 Å². The van der Waals surface area contributed by atoms with Gasteiger partial charge in [0.15, 0.2) is 5.82 Å². The third-order valence-corrected chi connectivity index (χ3v) is 4.35. The minimum Gasteiger partial charge on any atom is -0.497 e. The summed E-state index contributed by atoms with van der Waals surface area (Å²) >= 11 is 0. The molecule has 2 aromatic carbocycles. The van der Waals surface area contributed by atoms with Crippen molar-refractivity contribution in [1.82, 2.24) is 14.9 Å². The van der Waals surface area contributed by atoms with Crippen LogP contribution in [0.15, 0.2) is 48.5 Å². The molecule has 4 rings (SSSR count). The van der Waals surface area contributed by atoms with E-state index < -0.39 is 0 Å². The number of H-pyrrole nitrogens is 1. The SMILES string of the molecule is COc1cccc([C@@H]2CCN2C(=O)c2nc3ccccc3[nH]2)c1. The number of benzene rings is 2. The van der Waals surface area contributed by atoms with Crippen LogP contribution in [-0.4, -0.2) is 34.4 Å². The summed E-state index contributed by atoms with van der Waals surface area (Å²) in [7, 11) is 1.65. The molecule has 0 bridgehead atoms. The average molecular weight is 307 g/mol. The van der Waals surface area contributed by atoms with Crippen LogP contribution < -0.4 is 4.74 Å². The molecule has 1 N–H and O–H groups in total. The number of hydrogen-bond donors (Lipinski definition) is 1. The Labute approximate surface area is 133 Å². The van der Waals surface area contributed by atoms with Gasteiger partial charge < -0.3 is 14.6 Å². The molecule has 1 fully saturated rings. The van der Waals surface area contributed by atoms with Crippen molar-refractivity contribution in [3.05, 3.63) is 59.9 Å². The van der Waals surface area contributed by atoms with Crippen LogP contribution in [0.2, 0.25) is 0 Å². The van der Waals surface area contributed by atoms with E-state index in [1.54, 1.807) is 7.11 Å². The van der Waals surface area contributed by atoms with E-state index in [1.165, 1.54) is 0 Å². The van der Waals surface area contributed by atoms with Gasteiger partial charge in [0, 0.05) is 6.54 Å². The van der Waals surface area contributed by atoms with E-state index in [4.69, 9.17) is 4.74 Å². The highest BCUT2D eigenvalue weighted by Gasteiger charge is 2.35. The van der Waals surface area contributed by atoms with Gasteiger partial charge in [-0.2, -0.15) is 0 Å². The van der Waals surface area contributed by atoms with Gasteiger partial charge >= 0.3 is 0 Å². The molecule has 0 radical (unpaired) electrons. The van der Waals surface area contributed by atoms with Gasteiger partial charge in [-0.25, -0.2) is 4.98 Å². The van der Waals surface area contributed by atoms with E-state index in [0.29, 0.717) is 5.82 Å². The van der Waals surface area contributed by atoms with Gasteiger partial charge in [-0.3, -0.25) is 4.79 Å². The van der Waals surface area contributed by atoms with Crippen molar-refractivity contribution in [3.8, 4) is 5.75 Å². The van der Waals surface area contributed by atoms with Crippen molar-refractivity contribution in [3.63, 3.8) is 0 Å². The number of ether oxygens (including phenoxy) is 1.